The molecule has 0 saturated carbocycles. The van der Waals surface area contributed by atoms with Crippen LogP contribution < -0.4 is 11.1 Å². The van der Waals surface area contributed by atoms with Gasteiger partial charge in [0.05, 0.1) is 12.5 Å². The molecule has 0 fully saturated rings. The van der Waals surface area contributed by atoms with Crippen molar-refractivity contribution in [3.8, 4) is 0 Å². The van der Waals surface area contributed by atoms with E-state index in [1.54, 1.807) is 0 Å². The maximum absolute atomic E-state index is 11.3. The number of hydrogen-bond donors (Lipinski definition) is 4. The van der Waals surface area contributed by atoms with E-state index in [2.05, 4.69) is 5.32 Å². The topological polar surface area (TPSA) is 130 Å². The van der Waals surface area contributed by atoms with Crippen LogP contribution in [0.2, 0.25) is 0 Å². The fourth-order valence-electron chi connectivity index (χ4n) is 1.10. The minimum absolute atomic E-state index is 0.422. The number of carbonyl (C=O) groups is 3. The standard InChI is InChI=1S/C9H16N2O5/c1-2-3-5(10)8(14)11-6(9(15)16)4-7(12)13/h5-6H,2-4,10H2,1H3,(H,11,14)(H,12,13)(H,15,16). The number of amides is 1. The minimum atomic E-state index is -1.44. The van der Waals surface area contributed by atoms with Gasteiger partial charge in [-0.15, -0.1) is 0 Å². The molecule has 0 aromatic rings. The number of nitrogens with one attached hydrogen (secondary N) is 1. The average Bonchev–Trinajstić information content (AvgIpc) is 2.16. The molecule has 7 heteroatoms. The molecule has 1 amide bonds. The van der Waals surface area contributed by atoms with Crippen LogP contribution in [-0.2, 0) is 14.4 Å². The van der Waals surface area contributed by atoms with Crippen LogP contribution in [0.4, 0.5) is 0 Å². The molecule has 0 aromatic heterocycles. The van der Waals surface area contributed by atoms with Gasteiger partial charge in [-0.2, -0.15) is 0 Å². The molecule has 16 heavy (non-hydrogen) atoms. The third kappa shape index (κ3) is 5.30. The average molecular weight is 232 g/mol. The van der Waals surface area contributed by atoms with E-state index in [1.165, 1.54) is 0 Å². The van der Waals surface area contributed by atoms with Crippen molar-refractivity contribution in [3.63, 3.8) is 0 Å². The predicted octanol–water partition coefficient (Wildman–Crippen LogP) is -0.842. The van der Waals surface area contributed by atoms with Gasteiger partial charge >= 0.3 is 11.9 Å². The number of carbonyl (C=O) groups excluding carboxylic acids is 1. The van der Waals surface area contributed by atoms with E-state index in [4.69, 9.17) is 15.9 Å². The summed E-state index contributed by atoms with van der Waals surface area (Å²) >= 11 is 0. The summed E-state index contributed by atoms with van der Waals surface area (Å²) in [6, 6.07) is -2.24. The van der Waals surface area contributed by atoms with Crippen LogP contribution in [0, 0.1) is 0 Å². The van der Waals surface area contributed by atoms with Gasteiger partial charge in [0, 0.05) is 0 Å². The zero-order valence-electron chi connectivity index (χ0n) is 8.97. The van der Waals surface area contributed by atoms with Gasteiger partial charge in [0.1, 0.15) is 6.04 Å². The van der Waals surface area contributed by atoms with Crippen molar-refractivity contribution >= 4 is 17.8 Å². The van der Waals surface area contributed by atoms with E-state index in [-0.39, 0.29) is 0 Å². The summed E-state index contributed by atoms with van der Waals surface area (Å²) in [6.45, 7) is 1.83. The SMILES string of the molecule is CCCC(N)C(=O)NC(CC(=O)O)C(=O)O. The molecule has 5 N–H and O–H groups in total. The van der Waals surface area contributed by atoms with Crippen molar-refractivity contribution < 1.29 is 24.6 Å². The van der Waals surface area contributed by atoms with Crippen LogP contribution >= 0.6 is 0 Å². The van der Waals surface area contributed by atoms with Gasteiger partial charge in [0.25, 0.3) is 0 Å². The van der Waals surface area contributed by atoms with E-state index in [1.807, 2.05) is 6.92 Å². The lowest BCUT2D eigenvalue weighted by atomic mass is 10.1. The highest BCUT2D eigenvalue weighted by Crippen LogP contribution is 1.97. The Labute approximate surface area is 92.6 Å². The lowest BCUT2D eigenvalue weighted by molar-refractivity contribution is -0.147. The largest absolute Gasteiger partial charge is 0.481 e. The van der Waals surface area contributed by atoms with Crippen molar-refractivity contribution in [2.24, 2.45) is 5.73 Å². The zero-order chi connectivity index (χ0) is 12.7. The van der Waals surface area contributed by atoms with E-state index in [0.29, 0.717) is 12.8 Å². The highest BCUT2D eigenvalue weighted by molar-refractivity contribution is 5.88. The summed E-state index contributed by atoms with van der Waals surface area (Å²) in [5.74, 6) is -3.33. The highest BCUT2D eigenvalue weighted by atomic mass is 16.4. The summed E-state index contributed by atoms with van der Waals surface area (Å²) in [5.41, 5.74) is 5.45. The van der Waals surface area contributed by atoms with Crippen molar-refractivity contribution in [2.75, 3.05) is 0 Å². The Morgan fingerprint density at radius 1 is 1.31 bits per heavy atom. The molecule has 7 nitrogen and oxygen atoms in total. The molecular formula is C9H16N2O5. The molecule has 0 aromatic carbocycles. The molecule has 0 rings (SSSR count). The van der Waals surface area contributed by atoms with Gasteiger partial charge in [-0.05, 0) is 6.42 Å². The van der Waals surface area contributed by atoms with Crippen molar-refractivity contribution in [1.29, 1.82) is 0 Å². The highest BCUT2D eigenvalue weighted by Gasteiger charge is 2.25. The first kappa shape index (κ1) is 14.4. The van der Waals surface area contributed by atoms with Crippen LogP contribution in [0.5, 0.6) is 0 Å². The van der Waals surface area contributed by atoms with E-state index < -0.39 is 36.4 Å². The summed E-state index contributed by atoms with van der Waals surface area (Å²) in [4.78, 5) is 32.3. The van der Waals surface area contributed by atoms with Crippen molar-refractivity contribution in [1.82, 2.24) is 5.32 Å². The summed E-state index contributed by atoms with van der Waals surface area (Å²) < 4.78 is 0. The second kappa shape index (κ2) is 6.78. The smallest absolute Gasteiger partial charge is 0.326 e. The number of rotatable bonds is 7. The Kier molecular flexibility index (Phi) is 6.09. The lowest BCUT2D eigenvalue weighted by Gasteiger charge is -2.15. The van der Waals surface area contributed by atoms with Crippen molar-refractivity contribution in [3.05, 3.63) is 0 Å². The third-order valence-corrected chi connectivity index (χ3v) is 1.93. The van der Waals surface area contributed by atoms with Crippen LogP contribution in [-0.4, -0.2) is 40.1 Å². The first-order valence-corrected chi connectivity index (χ1v) is 4.89. The molecule has 0 heterocycles. The molecule has 0 bridgehead atoms. The predicted molar refractivity (Wildman–Crippen MR) is 54.7 cm³/mol. The van der Waals surface area contributed by atoms with Crippen molar-refractivity contribution in [2.45, 2.75) is 38.3 Å². The van der Waals surface area contributed by atoms with Gasteiger partial charge in [0.15, 0.2) is 0 Å². The van der Waals surface area contributed by atoms with Crippen LogP contribution in [0.25, 0.3) is 0 Å². The first-order valence-electron chi connectivity index (χ1n) is 4.89. The quantitative estimate of drug-likeness (QED) is 0.452. The molecule has 0 saturated heterocycles. The third-order valence-electron chi connectivity index (χ3n) is 1.93. The molecule has 0 aliphatic carbocycles. The zero-order valence-corrected chi connectivity index (χ0v) is 8.97. The second-order valence-electron chi connectivity index (χ2n) is 3.39. The fourth-order valence-corrected chi connectivity index (χ4v) is 1.10. The summed E-state index contributed by atoms with van der Waals surface area (Å²) in [7, 11) is 0. The molecule has 0 radical (unpaired) electrons. The normalized spacial score (nSPS) is 13.9. The van der Waals surface area contributed by atoms with E-state index in [9.17, 15) is 14.4 Å². The number of carboxylic acids is 2. The number of aliphatic carboxylic acids is 2. The van der Waals surface area contributed by atoms with Gasteiger partial charge in [-0.1, -0.05) is 13.3 Å². The summed E-state index contributed by atoms with van der Waals surface area (Å²) in [5, 5.41) is 19.2. The molecule has 92 valence electrons. The number of nitrogens with two attached hydrogens (primary N) is 1. The van der Waals surface area contributed by atoms with Crippen LogP contribution in [0.3, 0.4) is 0 Å². The molecule has 0 aliphatic rings. The molecule has 2 atom stereocenters. The Bertz CT molecular complexity index is 279. The fraction of sp³-hybridized carbons (Fsp3) is 0.667. The van der Waals surface area contributed by atoms with Gasteiger partial charge in [-0.25, -0.2) is 4.79 Å². The van der Waals surface area contributed by atoms with Gasteiger partial charge in [0.2, 0.25) is 5.91 Å². The number of hydrogen-bond acceptors (Lipinski definition) is 4. The Morgan fingerprint density at radius 3 is 2.25 bits per heavy atom. The Balaban J connectivity index is 4.34. The lowest BCUT2D eigenvalue weighted by Crippen LogP contribution is -2.49. The second-order valence-corrected chi connectivity index (χ2v) is 3.39. The van der Waals surface area contributed by atoms with Crippen LogP contribution in [0.15, 0.2) is 0 Å². The Morgan fingerprint density at radius 2 is 1.88 bits per heavy atom. The van der Waals surface area contributed by atoms with Crippen LogP contribution in [0.1, 0.15) is 26.2 Å². The molecule has 2 unspecified atom stereocenters. The minimum Gasteiger partial charge on any atom is -0.481 e. The first-order chi connectivity index (χ1) is 7.38. The van der Waals surface area contributed by atoms with E-state index >= 15 is 0 Å². The molecule has 0 spiro atoms. The van der Waals surface area contributed by atoms with E-state index in [0.717, 1.165) is 0 Å². The molecule has 0 aliphatic heterocycles. The maximum atomic E-state index is 11.3. The van der Waals surface area contributed by atoms with Gasteiger partial charge in [-0.3, -0.25) is 9.59 Å². The van der Waals surface area contributed by atoms with Gasteiger partial charge < -0.3 is 21.3 Å². The monoisotopic (exact) mass is 232 g/mol. The number of carboxylic acid groups (broad SMARTS) is 2. The Hall–Kier alpha value is -1.63. The molecular weight excluding hydrogens is 216 g/mol. The maximum Gasteiger partial charge on any atom is 0.326 e. The summed E-state index contributed by atoms with van der Waals surface area (Å²) in [6.07, 6.45) is 0.441.